The highest BCUT2D eigenvalue weighted by molar-refractivity contribution is 5.87. The number of nitrogens with zero attached hydrogens (tertiary/aromatic N) is 1. The fraction of sp³-hybridized carbons (Fsp3) is 0.158. The lowest BCUT2D eigenvalue weighted by Crippen LogP contribution is -2.26. The molecule has 0 bridgehead atoms. The van der Waals surface area contributed by atoms with Gasteiger partial charge in [-0.25, -0.2) is 5.43 Å². The summed E-state index contributed by atoms with van der Waals surface area (Å²) in [4.78, 5) is 11.8. The predicted molar refractivity (Wildman–Crippen MR) is 98.2 cm³/mol. The molecular formula is C19H21N3O2. The Labute approximate surface area is 142 Å². The zero-order valence-electron chi connectivity index (χ0n) is 13.8. The maximum atomic E-state index is 11.8. The number of methoxy groups -OCH3 is 1. The van der Waals surface area contributed by atoms with E-state index in [0.29, 0.717) is 5.75 Å². The summed E-state index contributed by atoms with van der Waals surface area (Å²) < 4.78 is 5.22. The van der Waals surface area contributed by atoms with Crippen molar-refractivity contribution in [1.29, 1.82) is 0 Å². The van der Waals surface area contributed by atoms with Crippen molar-refractivity contribution in [3.8, 4) is 5.75 Å². The van der Waals surface area contributed by atoms with Crippen molar-refractivity contribution < 1.29 is 9.53 Å². The SMILES string of the molecule is COc1ccccc1NCC(=O)N/N=C\C(C)=C\c1ccccc1. The zero-order valence-corrected chi connectivity index (χ0v) is 13.8. The molecular weight excluding hydrogens is 302 g/mol. The van der Waals surface area contributed by atoms with Crippen molar-refractivity contribution in [2.45, 2.75) is 6.92 Å². The summed E-state index contributed by atoms with van der Waals surface area (Å²) in [5.74, 6) is 0.458. The monoisotopic (exact) mass is 323 g/mol. The van der Waals surface area contributed by atoms with E-state index < -0.39 is 0 Å². The Kier molecular flexibility index (Phi) is 6.58. The molecule has 1 amide bonds. The van der Waals surface area contributed by atoms with Crippen LogP contribution in [0.15, 0.2) is 65.3 Å². The maximum absolute atomic E-state index is 11.8. The molecule has 124 valence electrons. The van der Waals surface area contributed by atoms with Gasteiger partial charge < -0.3 is 10.1 Å². The highest BCUT2D eigenvalue weighted by Crippen LogP contribution is 2.22. The molecule has 0 atom stereocenters. The molecule has 0 aromatic heterocycles. The number of carbonyl (C=O) groups is 1. The van der Waals surface area contributed by atoms with Crippen LogP contribution in [-0.4, -0.2) is 25.8 Å². The molecule has 0 saturated heterocycles. The molecule has 2 aromatic carbocycles. The van der Waals surface area contributed by atoms with Crippen LogP contribution >= 0.6 is 0 Å². The first kappa shape index (κ1) is 17.3. The Morgan fingerprint density at radius 1 is 1.12 bits per heavy atom. The summed E-state index contributed by atoms with van der Waals surface area (Å²) >= 11 is 0. The van der Waals surface area contributed by atoms with Crippen LogP contribution < -0.4 is 15.5 Å². The van der Waals surface area contributed by atoms with Crippen LogP contribution in [-0.2, 0) is 4.79 Å². The van der Waals surface area contributed by atoms with Crippen molar-refractivity contribution in [1.82, 2.24) is 5.43 Å². The van der Waals surface area contributed by atoms with Crippen LogP contribution in [0.4, 0.5) is 5.69 Å². The predicted octanol–water partition coefficient (Wildman–Crippen LogP) is 3.31. The molecule has 2 aromatic rings. The molecule has 0 saturated carbocycles. The van der Waals surface area contributed by atoms with E-state index in [0.717, 1.165) is 16.8 Å². The highest BCUT2D eigenvalue weighted by atomic mass is 16.5. The number of carbonyl (C=O) groups excluding carboxylic acids is 1. The number of hydrogen-bond donors (Lipinski definition) is 2. The Morgan fingerprint density at radius 2 is 1.83 bits per heavy atom. The van der Waals surface area contributed by atoms with Crippen LogP contribution in [0.3, 0.4) is 0 Å². The van der Waals surface area contributed by atoms with E-state index in [1.54, 1.807) is 13.3 Å². The smallest absolute Gasteiger partial charge is 0.259 e. The number of ether oxygens (including phenoxy) is 1. The first-order chi connectivity index (χ1) is 11.7. The van der Waals surface area contributed by atoms with Crippen LogP contribution in [0.2, 0.25) is 0 Å². The van der Waals surface area contributed by atoms with Gasteiger partial charge in [0.1, 0.15) is 5.75 Å². The van der Waals surface area contributed by atoms with Crippen LogP contribution in [0.1, 0.15) is 12.5 Å². The van der Waals surface area contributed by atoms with Gasteiger partial charge in [-0.3, -0.25) is 4.79 Å². The lowest BCUT2D eigenvalue weighted by atomic mass is 10.1. The Hall–Kier alpha value is -3.08. The molecule has 2 N–H and O–H groups in total. The van der Waals surface area contributed by atoms with Gasteiger partial charge in [-0.05, 0) is 30.2 Å². The number of anilines is 1. The molecule has 0 heterocycles. The van der Waals surface area contributed by atoms with Gasteiger partial charge in [0.25, 0.3) is 5.91 Å². The van der Waals surface area contributed by atoms with Crippen LogP contribution in [0, 0.1) is 0 Å². The topological polar surface area (TPSA) is 62.7 Å². The standard InChI is InChI=1S/C19H21N3O2/c1-15(12-16-8-4-3-5-9-16)13-21-22-19(23)14-20-17-10-6-7-11-18(17)24-2/h3-13,20H,14H2,1-2H3,(H,22,23)/b15-12+,21-13-. The van der Waals surface area contributed by atoms with E-state index in [4.69, 9.17) is 4.74 Å². The van der Waals surface area contributed by atoms with E-state index in [-0.39, 0.29) is 12.5 Å². The maximum Gasteiger partial charge on any atom is 0.259 e. The Balaban J connectivity index is 1.81. The van der Waals surface area contributed by atoms with Crippen LogP contribution in [0.25, 0.3) is 6.08 Å². The third kappa shape index (κ3) is 5.61. The van der Waals surface area contributed by atoms with Crippen LogP contribution in [0.5, 0.6) is 5.75 Å². The number of nitrogens with one attached hydrogen (secondary N) is 2. The van der Waals surface area contributed by atoms with E-state index >= 15 is 0 Å². The van der Waals surface area contributed by atoms with E-state index in [9.17, 15) is 4.79 Å². The van der Waals surface area contributed by atoms with Crippen molar-refractivity contribution in [2.75, 3.05) is 19.0 Å². The molecule has 2 rings (SSSR count). The lowest BCUT2D eigenvalue weighted by molar-refractivity contribution is -0.119. The summed E-state index contributed by atoms with van der Waals surface area (Å²) in [5.41, 5.74) is 5.29. The number of amides is 1. The van der Waals surface area contributed by atoms with Gasteiger partial charge in [-0.15, -0.1) is 0 Å². The average Bonchev–Trinajstić information content (AvgIpc) is 2.61. The van der Waals surface area contributed by atoms with Crippen molar-refractivity contribution in [3.05, 3.63) is 65.7 Å². The fourth-order valence-corrected chi connectivity index (χ4v) is 2.06. The second kappa shape index (κ2) is 9.15. The minimum Gasteiger partial charge on any atom is -0.495 e. The molecule has 0 fully saturated rings. The number of para-hydroxylation sites is 2. The highest BCUT2D eigenvalue weighted by Gasteiger charge is 2.03. The molecule has 5 nitrogen and oxygen atoms in total. The molecule has 0 aliphatic heterocycles. The number of hydrazone groups is 1. The number of rotatable bonds is 7. The third-order valence-corrected chi connectivity index (χ3v) is 3.20. The number of hydrogen-bond acceptors (Lipinski definition) is 4. The first-order valence-electron chi connectivity index (χ1n) is 7.61. The van der Waals surface area contributed by atoms with E-state index in [1.807, 2.05) is 67.6 Å². The van der Waals surface area contributed by atoms with Gasteiger partial charge in [-0.2, -0.15) is 5.10 Å². The summed E-state index contributed by atoms with van der Waals surface area (Å²) in [7, 11) is 1.59. The summed E-state index contributed by atoms with van der Waals surface area (Å²) in [6.07, 6.45) is 3.61. The van der Waals surface area contributed by atoms with Gasteiger partial charge >= 0.3 is 0 Å². The number of benzene rings is 2. The molecule has 0 radical (unpaired) electrons. The molecule has 0 aliphatic rings. The third-order valence-electron chi connectivity index (χ3n) is 3.20. The summed E-state index contributed by atoms with van der Waals surface area (Å²) in [5, 5.41) is 6.97. The largest absolute Gasteiger partial charge is 0.495 e. The molecule has 0 unspecified atom stereocenters. The zero-order chi connectivity index (χ0) is 17.2. The molecule has 0 aliphatic carbocycles. The fourth-order valence-electron chi connectivity index (χ4n) is 2.06. The van der Waals surface area contributed by atoms with E-state index in [1.165, 1.54) is 0 Å². The summed E-state index contributed by atoms with van der Waals surface area (Å²) in [6, 6.07) is 17.4. The lowest BCUT2D eigenvalue weighted by Gasteiger charge is -2.09. The second-order valence-electron chi connectivity index (χ2n) is 5.15. The van der Waals surface area contributed by atoms with Gasteiger partial charge in [0, 0.05) is 0 Å². The van der Waals surface area contributed by atoms with Crippen molar-refractivity contribution in [3.63, 3.8) is 0 Å². The van der Waals surface area contributed by atoms with Crippen molar-refractivity contribution >= 4 is 23.9 Å². The number of allylic oxidation sites excluding steroid dienone is 1. The van der Waals surface area contributed by atoms with E-state index in [2.05, 4.69) is 15.8 Å². The minimum absolute atomic E-state index is 0.110. The van der Waals surface area contributed by atoms with Gasteiger partial charge in [0.05, 0.1) is 25.6 Å². The normalized spacial score (nSPS) is 11.3. The average molecular weight is 323 g/mol. The van der Waals surface area contributed by atoms with Gasteiger partial charge in [-0.1, -0.05) is 48.5 Å². The molecule has 24 heavy (non-hydrogen) atoms. The molecule has 5 heteroatoms. The first-order valence-corrected chi connectivity index (χ1v) is 7.61. The van der Waals surface area contributed by atoms with Crippen molar-refractivity contribution in [2.24, 2.45) is 5.10 Å². The van der Waals surface area contributed by atoms with Gasteiger partial charge in [0.2, 0.25) is 0 Å². The quantitative estimate of drug-likeness (QED) is 0.607. The Bertz CT molecular complexity index is 724. The van der Waals surface area contributed by atoms with Gasteiger partial charge in [0.15, 0.2) is 0 Å². The summed E-state index contributed by atoms with van der Waals surface area (Å²) in [6.45, 7) is 2.04. The molecule has 0 spiro atoms. The minimum atomic E-state index is -0.232. The second-order valence-corrected chi connectivity index (χ2v) is 5.15. The Morgan fingerprint density at radius 3 is 2.58 bits per heavy atom.